The van der Waals surface area contributed by atoms with E-state index in [1.54, 1.807) is 12.1 Å². The summed E-state index contributed by atoms with van der Waals surface area (Å²) in [6.07, 6.45) is 4.80. The normalized spacial score (nSPS) is 25.2. The van der Waals surface area contributed by atoms with E-state index < -0.39 is 5.91 Å². The molecule has 1 unspecified atom stereocenters. The highest BCUT2D eigenvalue weighted by molar-refractivity contribution is 5.93. The monoisotopic (exact) mass is 350 g/mol. The molecule has 4 heteroatoms. The molecule has 0 aliphatic carbocycles. The molecule has 2 N–H and O–H groups in total. The van der Waals surface area contributed by atoms with Crippen molar-refractivity contribution >= 4 is 5.91 Å². The molecule has 2 aliphatic rings. The van der Waals surface area contributed by atoms with Crippen LogP contribution < -0.4 is 10.5 Å². The van der Waals surface area contributed by atoms with Gasteiger partial charge in [-0.1, -0.05) is 30.3 Å². The van der Waals surface area contributed by atoms with E-state index in [1.165, 1.54) is 18.4 Å². The Morgan fingerprint density at radius 2 is 1.81 bits per heavy atom. The third-order valence-corrected chi connectivity index (χ3v) is 5.69. The van der Waals surface area contributed by atoms with Gasteiger partial charge in [0, 0.05) is 24.2 Å². The number of primary amides is 1. The van der Waals surface area contributed by atoms with Crippen LogP contribution in [0.3, 0.4) is 0 Å². The SMILES string of the molecule is Cc1cc(OC2C[C@H]3CC[C@@H](C2)N3Cc2ccccc2)cc(C(N)=O)c1. The van der Waals surface area contributed by atoms with Crippen LogP contribution in [0, 0.1) is 6.92 Å². The molecular formula is C22H26N2O2. The predicted molar refractivity (Wildman–Crippen MR) is 102 cm³/mol. The van der Waals surface area contributed by atoms with Crippen molar-refractivity contribution in [2.75, 3.05) is 0 Å². The highest BCUT2D eigenvalue weighted by atomic mass is 16.5. The quantitative estimate of drug-likeness (QED) is 0.895. The van der Waals surface area contributed by atoms with Crippen molar-refractivity contribution in [1.82, 2.24) is 4.90 Å². The first kappa shape index (κ1) is 17.1. The van der Waals surface area contributed by atoms with Crippen molar-refractivity contribution in [1.29, 1.82) is 0 Å². The van der Waals surface area contributed by atoms with Gasteiger partial charge >= 0.3 is 0 Å². The molecule has 2 aromatic rings. The van der Waals surface area contributed by atoms with Gasteiger partial charge in [0.15, 0.2) is 0 Å². The van der Waals surface area contributed by atoms with Crippen LogP contribution >= 0.6 is 0 Å². The third-order valence-electron chi connectivity index (χ3n) is 5.69. The van der Waals surface area contributed by atoms with Gasteiger partial charge < -0.3 is 10.5 Å². The highest BCUT2D eigenvalue weighted by Gasteiger charge is 2.41. The zero-order valence-electron chi connectivity index (χ0n) is 15.2. The first-order chi connectivity index (χ1) is 12.6. The maximum absolute atomic E-state index is 11.5. The summed E-state index contributed by atoms with van der Waals surface area (Å²) in [7, 11) is 0. The average molecular weight is 350 g/mol. The smallest absolute Gasteiger partial charge is 0.248 e. The number of rotatable bonds is 5. The number of ether oxygens (including phenoxy) is 1. The van der Waals surface area contributed by atoms with Crippen molar-refractivity contribution in [2.24, 2.45) is 5.73 Å². The molecule has 2 bridgehead atoms. The van der Waals surface area contributed by atoms with Gasteiger partial charge in [-0.25, -0.2) is 0 Å². The predicted octanol–water partition coefficient (Wildman–Crippen LogP) is 3.67. The number of hydrogen-bond donors (Lipinski definition) is 1. The van der Waals surface area contributed by atoms with Crippen molar-refractivity contribution in [3.8, 4) is 5.75 Å². The lowest BCUT2D eigenvalue weighted by atomic mass is 9.98. The van der Waals surface area contributed by atoms with Crippen molar-refractivity contribution in [3.63, 3.8) is 0 Å². The van der Waals surface area contributed by atoms with Crippen molar-refractivity contribution < 1.29 is 9.53 Å². The van der Waals surface area contributed by atoms with E-state index in [0.717, 1.165) is 30.7 Å². The fraction of sp³-hybridized carbons (Fsp3) is 0.409. The Labute approximate surface area is 155 Å². The van der Waals surface area contributed by atoms with Crippen LogP contribution in [0.4, 0.5) is 0 Å². The number of carbonyl (C=O) groups excluding carboxylic acids is 1. The van der Waals surface area contributed by atoms with Gasteiger partial charge in [-0.05, 0) is 61.9 Å². The zero-order chi connectivity index (χ0) is 18.1. The standard InChI is InChI=1S/C22H26N2O2/c1-15-9-17(22(23)25)11-20(10-15)26-21-12-18-7-8-19(13-21)24(18)14-16-5-3-2-4-6-16/h2-6,9-11,18-19,21H,7-8,12-14H2,1H3,(H2,23,25)/t18-,19+,21?. The Balaban J connectivity index is 1.43. The second kappa shape index (κ2) is 7.12. The summed E-state index contributed by atoms with van der Waals surface area (Å²) in [6, 6.07) is 17.4. The summed E-state index contributed by atoms with van der Waals surface area (Å²) < 4.78 is 6.27. The van der Waals surface area contributed by atoms with E-state index in [9.17, 15) is 4.79 Å². The second-order valence-electron chi connectivity index (χ2n) is 7.65. The molecule has 2 saturated heterocycles. The summed E-state index contributed by atoms with van der Waals surface area (Å²) in [5.41, 5.74) is 8.33. The minimum absolute atomic E-state index is 0.210. The number of fused-ring (bicyclic) bond motifs is 2. The molecule has 0 saturated carbocycles. The largest absolute Gasteiger partial charge is 0.490 e. The van der Waals surface area contributed by atoms with E-state index in [1.807, 2.05) is 13.0 Å². The van der Waals surface area contributed by atoms with Crippen LogP contribution in [-0.4, -0.2) is 29.0 Å². The fourth-order valence-corrected chi connectivity index (χ4v) is 4.52. The molecule has 2 heterocycles. The number of amides is 1. The molecule has 0 radical (unpaired) electrons. The summed E-state index contributed by atoms with van der Waals surface area (Å²) in [4.78, 5) is 14.1. The van der Waals surface area contributed by atoms with Gasteiger partial charge in [-0.15, -0.1) is 0 Å². The first-order valence-electron chi connectivity index (χ1n) is 9.46. The summed E-state index contributed by atoms with van der Waals surface area (Å²) in [5.74, 6) is 0.357. The topological polar surface area (TPSA) is 55.6 Å². The van der Waals surface area contributed by atoms with Crippen LogP contribution in [0.15, 0.2) is 48.5 Å². The second-order valence-corrected chi connectivity index (χ2v) is 7.65. The Morgan fingerprint density at radius 3 is 2.46 bits per heavy atom. The number of piperidine rings is 1. The van der Waals surface area contributed by atoms with Gasteiger partial charge in [0.05, 0.1) is 0 Å². The Morgan fingerprint density at radius 1 is 1.12 bits per heavy atom. The van der Waals surface area contributed by atoms with E-state index in [2.05, 4.69) is 35.2 Å². The van der Waals surface area contributed by atoms with Crippen LogP contribution in [0.1, 0.15) is 47.2 Å². The molecule has 2 aromatic carbocycles. The Bertz CT molecular complexity index is 776. The van der Waals surface area contributed by atoms with Crippen molar-refractivity contribution in [2.45, 2.75) is 57.3 Å². The van der Waals surface area contributed by atoms with Gasteiger partial charge in [0.2, 0.25) is 5.91 Å². The summed E-state index contributed by atoms with van der Waals surface area (Å²) in [5, 5.41) is 0. The lowest BCUT2D eigenvalue weighted by Gasteiger charge is -2.39. The molecule has 1 amide bonds. The maximum Gasteiger partial charge on any atom is 0.248 e. The van der Waals surface area contributed by atoms with Gasteiger partial charge in [-0.3, -0.25) is 9.69 Å². The minimum Gasteiger partial charge on any atom is -0.490 e. The number of hydrogen-bond acceptors (Lipinski definition) is 3. The van der Waals surface area contributed by atoms with Crippen LogP contribution in [-0.2, 0) is 6.54 Å². The molecule has 136 valence electrons. The third kappa shape index (κ3) is 3.61. The molecular weight excluding hydrogens is 324 g/mol. The Hall–Kier alpha value is -2.33. The lowest BCUT2D eigenvalue weighted by molar-refractivity contribution is 0.0444. The van der Waals surface area contributed by atoms with Gasteiger partial charge in [-0.2, -0.15) is 0 Å². The van der Waals surface area contributed by atoms with E-state index in [4.69, 9.17) is 10.5 Å². The Kier molecular flexibility index (Phi) is 4.68. The molecule has 0 spiro atoms. The van der Waals surface area contributed by atoms with Gasteiger partial charge in [0.25, 0.3) is 0 Å². The number of aryl methyl sites for hydroxylation is 1. The van der Waals surface area contributed by atoms with E-state index in [0.29, 0.717) is 17.6 Å². The summed E-state index contributed by atoms with van der Waals surface area (Å²) in [6.45, 7) is 2.99. The lowest BCUT2D eigenvalue weighted by Crippen LogP contribution is -2.45. The van der Waals surface area contributed by atoms with E-state index in [-0.39, 0.29) is 6.10 Å². The van der Waals surface area contributed by atoms with Gasteiger partial charge in [0.1, 0.15) is 11.9 Å². The molecule has 4 nitrogen and oxygen atoms in total. The van der Waals surface area contributed by atoms with Crippen molar-refractivity contribution in [3.05, 3.63) is 65.2 Å². The molecule has 26 heavy (non-hydrogen) atoms. The minimum atomic E-state index is -0.406. The highest BCUT2D eigenvalue weighted by Crippen LogP contribution is 2.38. The number of benzene rings is 2. The molecule has 0 aromatic heterocycles. The van der Waals surface area contributed by atoms with Crippen LogP contribution in [0.2, 0.25) is 0 Å². The number of nitrogens with zero attached hydrogens (tertiary/aromatic N) is 1. The molecule has 3 atom stereocenters. The molecule has 4 rings (SSSR count). The molecule has 2 aliphatic heterocycles. The average Bonchev–Trinajstić information content (AvgIpc) is 2.85. The number of nitrogens with two attached hydrogens (primary N) is 1. The maximum atomic E-state index is 11.5. The van der Waals surface area contributed by atoms with E-state index >= 15 is 0 Å². The van der Waals surface area contributed by atoms with Crippen LogP contribution in [0.25, 0.3) is 0 Å². The van der Waals surface area contributed by atoms with Crippen LogP contribution in [0.5, 0.6) is 5.75 Å². The molecule has 2 fully saturated rings. The summed E-state index contributed by atoms with van der Waals surface area (Å²) >= 11 is 0. The zero-order valence-corrected chi connectivity index (χ0v) is 15.2. The first-order valence-corrected chi connectivity index (χ1v) is 9.46. The fourth-order valence-electron chi connectivity index (χ4n) is 4.52. The number of carbonyl (C=O) groups is 1.